The third-order valence-electron chi connectivity index (χ3n) is 6.29. The Balaban J connectivity index is 1.43. The van der Waals surface area contributed by atoms with Gasteiger partial charge in [0.15, 0.2) is 0 Å². The molecule has 4 nitrogen and oxygen atoms in total. The molecule has 1 unspecified atom stereocenters. The van der Waals surface area contributed by atoms with Gasteiger partial charge >= 0.3 is 0 Å². The van der Waals surface area contributed by atoms with Crippen molar-refractivity contribution < 1.29 is 9.15 Å². The number of hydrogen-bond acceptors (Lipinski definition) is 4. The van der Waals surface area contributed by atoms with Crippen LogP contribution in [0.1, 0.15) is 30.6 Å². The molecule has 1 aromatic carbocycles. The quantitative estimate of drug-likeness (QED) is 0.764. The van der Waals surface area contributed by atoms with E-state index >= 15 is 0 Å². The minimum absolute atomic E-state index is 0.474. The van der Waals surface area contributed by atoms with Gasteiger partial charge in [0, 0.05) is 38.9 Å². The van der Waals surface area contributed by atoms with Crippen LogP contribution in [-0.2, 0) is 11.3 Å². The van der Waals surface area contributed by atoms with Crippen LogP contribution in [0.2, 0.25) is 0 Å². The average molecular weight is 369 g/mol. The molecule has 0 amide bonds. The smallest absolute Gasteiger partial charge is 0.134 e. The molecule has 146 valence electrons. The number of rotatable bonds is 6. The predicted molar refractivity (Wildman–Crippen MR) is 109 cm³/mol. The lowest BCUT2D eigenvalue weighted by Gasteiger charge is -2.40. The molecule has 0 radical (unpaired) electrons. The van der Waals surface area contributed by atoms with Crippen molar-refractivity contribution in [2.45, 2.75) is 32.7 Å². The average Bonchev–Trinajstić information content (AvgIpc) is 3.27. The van der Waals surface area contributed by atoms with Crippen molar-refractivity contribution in [1.29, 1.82) is 0 Å². The van der Waals surface area contributed by atoms with E-state index in [1.54, 1.807) is 7.11 Å². The van der Waals surface area contributed by atoms with Gasteiger partial charge in [-0.05, 0) is 62.4 Å². The van der Waals surface area contributed by atoms with E-state index in [9.17, 15) is 0 Å². The first-order valence-corrected chi connectivity index (χ1v) is 10.3. The monoisotopic (exact) mass is 368 g/mol. The fourth-order valence-electron chi connectivity index (χ4n) is 4.94. The molecule has 2 aliphatic heterocycles. The maximum Gasteiger partial charge on any atom is 0.134 e. The highest BCUT2D eigenvalue weighted by Gasteiger charge is 2.41. The molecule has 4 heteroatoms. The molecule has 0 saturated carbocycles. The van der Waals surface area contributed by atoms with Crippen molar-refractivity contribution in [2.24, 2.45) is 5.41 Å². The summed E-state index contributed by atoms with van der Waals surface area (Å²) in [5.74, 6) is 1.96. The maximum atomic E-state index is 5.90. The summed E-state index contributed by atoms with van der Waals surface area (Å²) in [5, 5.41) is 0. The van der Waals surface area contributed by atoms with Crippen LogP contribution in [0.5, 0.6) is 0 Å². The second-order valence-electron chi connectivity index (χ2n) is 8.40. The van der Waals surface area contributed by atoms with Gasteiger partial charge in [-0.2, -0.15) is 0 Å². The molecule has 0 bridgehead atoms. The molecule has 3 heterocycles. The van der Waals surface area contributed by atoms with Gasteiger partial charge in [0.2, 0.25) is 0 Å². The van der Waals surface area contributed by atoms with Gasteiger partial charge in [0.05, 0.1) is 6.61 Å². The van der Waals surface area contributed by atoms with Crippen LogP contribution in [0, 0.1) is 12.3 Å². The second-order valence-corrected chi connectivity index (χ2v) is 8.40. The molecule has 1 spiro atoms. The Morgan fingerprint density at radius 3 is 2.70 bits per heavy atom. The molecule has 4 rings (SSSR count). The Labute approximate surface area is 163 Å². The SMILES string of the molecule is COCCN1CCCC2(CCN(Cc3ccccc3-c3ccc(C)o3)C2)C1. The van der Waals surface area contributed by atoms with E-state index in [4.69, 9.17) is 9.15 Å². The largest absolute Gasteiger partial charge is 0.461 e. The van der Waals surface area contributed by atoms with Crippen LogP contribution in [0.4, 0.5) is 0 Å². The Morgan fingerprint density at radius 1 is 1.04 bits per heavy atom. The van der Waals surface area contributed by atoms with Crippen LogP contribution in [0.15, 0.2) is 40.8 Å². The lowest BCUT2D eigenvalue weighted by Crippen LogP contribution is -2.45. The van der Waals surface area contributed by atoms with Crippen molar-refractivity contribution in [3.8, 4) is 11.3 Å². The maximum absolute atomic E-state index is 5.90. The molecule has 0 N–H and O–H groups in total. The minimum atomic E-state index is 0.474. The topological polar surface area (TPSA) is 28.9 Å². The van der Waals surface area contributed by atoms with Crippen molar-refractivity contribution >= 4 is 0 Å². The normalized spacial score (nSPS) is 24.1. The zero-order valence-electron chi connectivity index (χ0n) is 16.7. The number of piperidine rings is 1. The number of methoxy groups -OCH3 is 1. The van der Waals surface area contributed by atoms with E-state index in [1.807, 2.05) is 13.0 Å². The first-order valence-electron chi connectivity index (χ1n) is 10.3. The summed E-state index contributed by atoms with van der Waals surface area (Å²) in [7, 11) is 1.80. The number of likely N-dealkylation sites (tertiary alicyclic amines) is 2. The second kappa shape index (κ2) is 8.17. The van der Waals surface area contributed by atoms with E-state index in [2.05, 4.69) is 40.1 Å². The molecule has 27 heavy (non-hydrogen) atoms. The van der Waals surface area contributed by atoms with E-state index in [0.29, 0.717) is 5.41 Å². The van der Waals surface area contributed by atoms with Gasteiger partial charge in [0.25, 0.3) is 0 Å². The summed E-state index contributed by atoms with van der Waals surface area (Å²) in [4.78, 5) is 5.25. The Morgan fingerprint density at radius 2 is 1.89 bits per heavy atom. The van der Waals surface area contributed by atoms with Gasteiger partial charge in [-0.3, -0.25) is 4.90 Å². The van der Waals surface area contributed by atoms with Crippen molar-refractivity contribution in [1.82, 2.24) is 9.80 Å². The molecule has 0 aliphatic carbocycles. The fraction of sp³-hybridized carbons (Fsp3) is 0.565. The molecule has 2 fully saturated rings. The summed E-state index contributed by atoms with van der Waals surface area (Å²) in [6.45, 7) is 9.79. The summed E-state index contributed by atoms with van der Waals surface area (Å²) >= 11 is 0. The predicted octanol–water partition coefficient (Wildman–Crippen LogP) is 4.19. The molecule has 2 saturated heterocycles. The minimum Gasteiger partial charge on any atom is -0.461 e. The number of benzene rings is 1. The third-order valence-corrected chi connectivity index (χ3v) is 6.29. The van der Waals surface area contributed by atoms with Gasteiger partial charge in [0.1, 0.15) is 11.5 Å². The lowest BCUT2D eigenvalue weighted by molar-refractivity contribution is 0.0674. The van der Waals surface area contributed by atoms with E-state index in [1.165, 1.54) is 56.6 Å². The highest BCUT2D eigenvalue weighted by atomic mass is 16.5. The molecule has 2 aromatic rings. The Hall–Kier alpha value is -1.62. The number of ether oxygens (including phenoxy) is 1. The summed E-state index contributed by atoms with van der Waals surface area (Å²) in [6, 6.07) is 12.8. The highest BCUT2D eigenvalue weighted by Crippen LogP contribution is 2.40. The van der Waals surface area contributed by atoms with Gasteiger partial charge in [-0.15, -0.1) is 0 Å². The Bertz CT molecular complexity index is 756. The molecular formula is C23H32N2O2. The van der Waals surface area contributed by atoms with Crippen molar-refractivity contribution in [2.75, 3.05) is 46.4 Å². The number of aryl methyl sites for hydroxylation is 1. The zero-order valence-corrected chi connectivity index (χ0v) is 16.7. The van der Waals surface area contributed by atoms with E-state index in [-0.39, 0.29) is 0 Å². The van der Waals surface area contributed by atoms with E-state index < -0.39 is 0 Å². The fourth-order valence-corrected chi connectivity index (χ4v) is 4.94. The summed E-state index contributed by atoms with van der Waals surface area (Å²) < 4.78 is 11.2. The van der Waals surface area contributed by atoms with Gasteiger partial charge in [-0.1, -0.05) is 24.3 Å². The van der Waals surface area contributed by atoms with Crippen LogP contribution >= 0.6 is 0 Å². The first-order chi connectivity index (χ1) is 13.2. The number of nitrogens with zero attached hydrogens (tertiary/aromatic N) is 2. The van der Waals surface area contributed by atoms with Crippen LogP contribution < -0.4 is 0 Å². The van der Waals surface area contributed by atoms with Gasteiger partial charge < -0.3 is 14.1 Å². The van der Waals surface area contributed by atoms with Crippen molar-refractivity contribution in [3.63, 3.8) is 0 Å². The first kappa shape index (κ1) is 18.7. The molecule has 2 aliphatic rings. The highest BCUT2D eigenvalue weighted by molar-refractivity contribution is 5.62. The van der Waals surface area contributed by atoms with Crippen molar-refractivity contribution in [3.05, 3.63) is 47.7 Å². The van der Waals surface area contributed by atoms with Crippen LogP contribution in [0.25, 0.3) is 11.3 Å². The number of hydrogen-bond donors (Lipinski definition) is 0. The van der Waals surface area contributed by atoms with Crippen LogP contribution in [0.3, 0.4) is 0 Å². The molecule has 1 atom stereocenters. The Kier molecular flexibility index (Phi) is 5.67. The molecule has 1 aromatic heterocycles. The van der Waals surface area contributed by atoms with E-state index in [0.717, 1.165) is 31.2 Å². The standard InChI is InChI=1S/C23H32N2O2/c1-19-8-9-22(27-19)21-7-4-3-6-20(21)16-25-13-11-23(18-25)10-5-12-24(17-23)14-15-26-2/h3-4,6-9H,5,10-18H2,1-2H3. The lowest BCUT2D eigenvalue weighted by atomic mass is 9.79. The number of furan rings is 1. The van der Waals surface area contributed by atoms with Crippen LogP contribution in [-0.4, -0.2) is 56.2 Å². The summed E-state index contributed by atoms with van der Waals surface area (Å²) in [5.41, 5.74) is 3.08. The van der Waals surface area contributed by atoms with Gasteiger partial charge in [-0.25, -0.2) is 0 Å². The zero-order chi connectivity index (χ0) is 18.7. The molecular weight excluding hydrogens is 336 g/mol. The third kappa shape index (κ3) is 4.29. The summed E-state index contributed by atoms with van der Waals surface area (Å²) in [6.07, 6.45) is 4.00.